The molecule has 1 aromatic rings. The average molecular weight is 173 g/mol. The molecule has 0 atom stereocenters. The van der Waals surface area contributed by atoms with Crippen molar-refractivity contribution in [2.24, 2.45) is 10.9 Å². The molecule has 0 unspecified atom stereocenters. The second kappa shape index (κ2) is 3.16. The van der Waals surface area contributed by atoms with Gasteiger partial charge in [0.05, 0.1) is 0 Å². The Morgan fingerprint density at radius 1 is 1.55 bits per heavy atom. The topological polar surface area (TPSA) is 84.4 Å². The molecule has 1 aromatic heterocycles. The summed E-state index contributed by atoms with van der Waals surface area (Å²) < 4.78 is 0. The van der Waals surface area contributed by atoms with Crippen LogP contribution in [0.25, 0.3) is 0 Å². The molecule has 0 amide bonds. The van der Waals surface area contributed by atoms with E-state index in [1.165, 1.54) is 12.1 Å². The summed E-state index contributed by atoms with van der Waals surface area (Å²) in [4.78, 5) is 0. The molecule has 5 nitrogen and oxygen atoms in total. The summed E-state index contributed by atoms with van der Waals surface area (Å²) >= 11 is 5.44. The maximum atomic E-state index is 8.22. The van der Waals surface area contributed by atoms with Gasteiger partial charge in [0.25, 0.3) is 0 Å². The van der Waals surface area contributed by atoms with Gasteiger partial charge in [0.15, 0.2) is 11.0 Å². The van der Waals surface area contributed by atoms with Crippen molar-refractivity contribution in [2.75, 3.05) is 0 Å². The van der Waals surface area contributed by atoms with E-state index in [0.29, 0.717) is 0 Å². The monoisotopic (exact) mass is 172 g/mol. The Morgan fingerprint density at radius 3 is 2.73 bits per heavy atom. The third-order valence-corrected chi connectivity index (χ3v) is 1.20. The summed E-state index contributed by atoms with van der Waals surface area (Å²) in [6.45, 7) is 0. The van der Waals surface area contributed by atoms with E-state index in [-0.39, 0.29) is 16.7 Å². The molecule has 3 N–H and O–H groups in total. The van der Waals surface area contributed by atoms with E-state index in [2.05, 4.69) is 15.4 Å². The lowest BCUT2D eigenvalue weighted by Crippen LogP contribution is -2.15. The van der Waals surface area contributed by atoms with Crippen LogP contribution in [-0.4, -0.2) is 21.2 Å². The third kappa shape index (κ3) is 1.78. The summed E-state index contributed by atoms with van der Waals surface area (Å²) in [6, 6.07) is 3.01. The number of nitrogens with two attached hydrogens (primary N) is 1. The fraction of sp³-hybridized carbons (Fsp3) is 0. The van der Waals surface area contributed by atoms with E-state index in [9.17, 15) is 0 Å². The van der Waals surface area contributed by atoms with Gasteiger partial charge in [0.1, 0.15) is 5.69 Å². The first kappa shape index (κ1) is 7.74. The van der Waals surface area contributed by atoms with E-state index in [0.717, 1.165) is 0 Å². The number of hydrogen-bond acceptors (Lipinski definition) is 4. The molecule has 58 valence electrons. The normalized spacial score (nSPS) is 11.5. The van der Waals surface area contributed by atoms with Crippen molar-refractivity contribution >= 4 is 17.4 Å². The molecule has 1 rings (SSSR count). The molecule has 0 saturated heterocycles. The van der Waals surface area contributed by atoms with Gasteiger partial charge in [-0.05, 0) is 12.1 Å². The predicted molar refractivity (Wildman–Crippen MR) is 39.6 cm³/mol. The quantitative estimate of drug-likeness (QED) is 0.275. The maximum absolute atomic E-state index is 8.22. The number of rotatable bonds is 1. The average Bonchev–Trinajstić information content (AvgIpc) is 2.05. The van der Waals surface area contributed by atoms with Crippen LogP contribution in [0.2, 0.25) is 5.15 Å². The van der Waals surface area contributed by atoms with Gasteiger partial charge in [-0.2, -0.15) is 0 Å². The number of hydrogen-bond donors (Lipinski definition) is 2. The van der Waals surface area contributed by atoms with Crippen LogP contribution < -0.4 is 5.73 Å². The standard InChI is InChI=1S/C5H5ClN4O/c6-4-2-1-3(8-9-4)5(7)10-11/h1-2,11H,(H2,7,10). The zero-order chi connectivity index (χ0) is 8.27. The Kier molecular flexibility index (Phi) is 2.22. The molecule has 0 aliphatic rings. The molecular weight excluding hydrogens is 168 g/mol. The lowest BCUT2D eigenvalue weighted by molar-refractivity contribution is 0.318. The predicted octanol–water partition coefficient (Wildman–Crippen LogP) is 0.224. The lowest BCUT2D eigenvalue weighted by atomic mass is 10.4. The molecule has 1 heterocycles. The van der Waals surface area contributed by atoms with Crippen LogP contribution in [0.15, 0.2) is 17.3 Å². The molecule has 6 heteroatoms. The minimum absolute atomic E-state index is 0.0887. The number of amidine groups is 1. The minimum atomic E-state index is -0.0887. The Labute approximate surface area is 67.5 Å². The number of halogens is 1. The van der Waals surface area contributed by atoms with Crippen LogP contribution in [0.1, 0.15) is 5.69 Å². The van der Waals surface area contributed by atoms with Crippen molar-refractivity contribution in [3.05, 3.63) is 23.0 Å². The molecule has 0 fully saturated rings. The Morgan fingerprint density at radius 2 is 2.27 bits per heavy atom. The molecule has 0 spiro atoms. The SMILES string of the molecule is NC(=NO)c1ccc(Cl)nn1. The van der Waals surface area contributed by atoms with Crippen molar-refractivity contribution in [3.63, 3.8) is 0 Å². The van der Waals surface area contributed by atoms with Gasteiger partial charge in [0, 0.05) is 0 Å². The first-order valence-electron chi connectivity index (χ1n) is 2.71. The van der Waals surface area contributed by atoms with E-state index >= 15 is 0 Å². The highest BCUT2D eigenvalue weighted by Gasteiger charge is 1.99. The molecule has 0 aliphatic heterocycles. The van der Waals surface area contributed by atoms with E-state index < -0.39 is 0 Å². The maximum Gasteiger partial charge on any atom is 0.190 e. The summed E-state index contributed by atoms with van der Waals surface area (Å²) in [6.07, 6.45) is 0. The van der Waals surface area contributed by atoms with Gasteiger partial charge in [-0.3, -0.25) is 0 Å². The molecule has 0 saturated carbocycles. The fourth-order valence-corrected chi connectivity index (χ4v) is 0.605. The lowest BCUT2D eigenvalue weighted by Gasteiger charge is -1.93. The van der Waals surface area contributed by atoms with Crippen LogP contribution in [0, 0.1) is 0 Å². The number of aromatic nitrogens is 2. The van der Waals surface area contributed by atoms with Gasteiger partial charge in [-0.15, -0.1) is 10.2 Å². The Hall–Kier alpha value is -1.36. The summed E-state index contributed by atoms with van der Waals surface area (Å²) in [7, 11) is 0. The molecule has 11 heavy (non-hydrogen) atoms. The van der Waals surface area contributed by atoms with Crippen LogP contribution in [0.4, 0.5) is 0 Å². The zero-order valence-electron chi connectivity index (χ0n) is 5.40. The van der Waals surface area contributed by atoms with Crippen molar-refractivity contribution in [2.45, 2.75) is 0 Å². The van der Waals surface area contributed by atoms with Crippen LogP contribution in [0.5, 0.6) is 0 Å². The minimum Gasteiger partial charge on any atom is -0.409 e. The molecule has 0 aliphatic carbocycles. The van der Waals surface area contributed by atoms with Crippen LogP contribution in [0.3, 0.4) is 0 Å². The summed E-state index contributed by atoms with van der Waals surface area (Å²) in [5, 5.41) is 18.3. The first-order chi connectivity index (χ1) is 5.24. The summed E-state index contributed by atoms with van der Waals surface area (Å²) in [5.74, 6) is -0.0887. The highest BCUT2D eigenvalue weighted by atomic mass is 35.5. The molecule has 0 radical (unpaired) electrons. The second-order valence-corrected chi connectivity index (χ2v) is 2.11. The van der Waals surface area contributed by atoms with Gasteiger partial charge in [-0.1, -0.05) is 16.8 Å². The van der Waals surface area contributed by atoms with E-state index in [4.69, 9.17) is 22.5 Å². The van der Waals surface area contributed by atoms with Gasteiger partial charge < -0.3 is 10.9 Å². The van der Waals surface area contributed by atoms with Gasteiger partial charge in [0.2, 0.25) is 0 Å². The number of oxime groups is 1. The molecule has 0 aromatic carbocycles. The van der Waals surface area contributed by atoms with Gasteiger partial charge >= 0.3 is 0 Å². The first-order valence-corrected chi connectivity index (χ1v) is 3.09. The van der Waals surface area contributed by atoms with Crippen LogP contribution in [-0.2, 0) is 0 Å². The highest BCUT2D eigenvalue weighted by Crippen LogP contribution is 2.01. The summed E-state index contributed by atoms with van der Waals surface area (Å²) in [5.41, 5.74) is 5.49. The third-order valence-electron chi connectivity index (χ3n) is 1.00. The van der Waals surface area contributed by atoms with Crippen molar-refractivity contribution in [1.82, 2.24) is 10.2 Å². The largest absolute Gasteiger partial charge is 0.409 e. The fourth-order valence-electron chi connectivity index (χ4n) is 0.504. The molecule has 0 bridgehead atoms. The zero-order valence-corrected chi connectivity index (χ0v) is 6.15. The highest BCUT2D eigenvalue weighted by molar-refractivity contribution is 6.29. The van der Waals surface area contributed by atoms with E-state index in [1.54, 1.807) is 0 Å². The van der Waals surface area contributed by atoms with Crippen molar-refractivity contribution in [1.29, 1.82) is 0 Å². The molecular formula is C5H5ClN4O. The van der Waals surface area contributed by atoms with Crippen molar-refractivity contribution in [3.8, 4) is 0 Å². The van der Waals surface area contributed by atoms with E-state index in [1.807, 2.05) is 0 Å². The smallest absolute Gasteiger partial charge is 0.190 e. The number of nitrogens with zero attached hydrogens (tertiary/aromatic N) is 3. The Bertz CT molecular complexity index is 270. The van der Waals surface area contributed by atoms with Crippen molar-refractivity contribution < 1.29 is 5.21 Å². The van der Waals surface area contributed by atoms with Crippen LogP contribution >= 0.6 is 11.6 Å². The second-order valence-electron chi connectivity index (χ2n) is 1.73. The van der Waals surface area contributed by atoms with Gasteiger partial charge in [-0.25, -0.2) is 0 Å². The Balaban J connectivity index is 2.99.